The average Bonchev–Trinajstić information content (AvgIpc) is 2.87. The summed E-state index contributed by atoms with van der Waals surface area (Å²) in [5.74, 6) is -0.337. The molecule has 1 heterocycles. The van der Waals surface area contributed by atoms with Gasteiger partial charge in [-0.15, -0.1) is 0 Å². The van der Waals surface area contributed by atoms with Crippen LogP contribution in [0.3, 0.4) is 0 Å². The molecule has 0 unspecified atom stereocenters. The summed E-state index contributed by atoms with van der Waals surface area (Å²) in [7, 11) is 0. The third-order valence-corrected chi connectivity index (χ3v) is 4.54. The fourth-order valence-electron chi connectivity index (χ4n) is 2.65. The Hall–Kier alpha value is -2.33. The fourth-order valence-corrected chi connectivity index (χ4v) is 2.83. The van der Waals surface area contributed by atoms with Gasteiger partial charge in [-0.05, 0) is 43.2 Å². The molecule has 23 heavy (non-hydrogen) atoms. The number of fused-ring (bicyclic) bond motifs is 1. The van der Waals surface area contributed by atoms with E-state index in [2.05, 4.69) is 5.32 Å². The molecule has 1 N–H and O–H groups in total. The molecule has 0 aliphatic carbocycles. The molecule has 118 valence electrons. The van der Waals surface area contributed by atoms with Crippen molar-refractivity contribution in [3.05, 3.63) is 64.2 Å². The molecule has 0 saturated carbocycles. The van der Waals surface area contributed by atoms with Crippen LogP contribution in [0.15, 0.2) is 42.5 Å². The van der Waals surface area contributed by atoms with Gasteiger partial charge in [0.25, 0.3) is 5.91 Å². The van der Waals surface area contributed by atoms with E-state index in [-0.39, 0.29) is 11.8 Å². The first-order valence-electron chi connectivity index (χ1n) is 7.43. The number of amides is 2. The number of carbonyl (C=O) groups excluding carboxylic acids is 2. The molecule has 3 rings (SSSR count). The van der Waals surface area contributed by atoms with Crippen LogP contribution in [0.4, 0.5) is 5.69 Å². The van der Waals surface area contributed by atoms with Crippen LogP contribution in [-0.4, -0.2) is 22.8 Å². The second kappa shape index (κ2) is 6.05. The third kappa shape index (κ3) is 2.94. The standard InChI is InChI=1S/C18H17ClN2O2/c1-11-7-8-14(9-16(11)19)20-17(22)12(2)21-10-13-5-3-4-6-15(13)18(21)23/h3-9,12H,10H2,1-2H3,(H,20,22)/t12-/m1/s1. The number of rotatable bonds is 3. The van der Waals surface area contributed by atoms with Gasteiger partial charge in [-0.2, -0.15) is 0 Å². The van der Waals surface area contributed by atoms with Crippen LogP contribution < -0.4 is 5.32 Å². The predicted octanol–water partition coefficient (Wildman–Crippen LogP) is 3.63. The highest BCUT2D eigenvalue weighted by Crippen LogP contribution is 2.25. The molecular formula is C18H17ClN2O2. The van der Waals surface area contributed by atoms with E-state index in [1.165, 1.54) is 0 Å². The summed E-state index contributed by atoms with van der Waals surface area (Å²) in [6.07, 6.45) is 0. The number of hydrogen-bond acceptors (Lipinski definition) is 2. The van der Waals surface area contributed by atoms with Gasteiger partial charge in [0.2, 0.25) is 5.91 Å². The van der Waals surface area contributed by atoms with Crippen LogP contribution in [0.25, 0.3) is 0 Å². The lowest BCUT2D eigenvalue weighted by atomic mass is 10.1. The molecule has 0 aromatic heterocycles. The smallest absolute Gasteiger partial charge is 0.255 e. The molecule has 0 bridgehead atoms. The van der Waals surface area contributed by atoms with Crippen LogP contribution >= 0.6 is 11.6 Å². The summed E-state index contributed by atoms with van der Waals surface area (Å²) in [6.45, 7) is 4.09. The first-order chi connectivity index (χ1) is 11.0. The van der Waals surface area contributed by atoms with Crippen molar-refractivity contribution in [2.75, 3.05) is 5.32 Å². The van der Waals surface area contributed by atoms with E-state index in [4.69, 9.17) is 11.6 Å². The van der Waals surface area contributed by atoms with Gasteiger partial charge >= 0.3 is 0 Å². The van der Waals surface area contributed by atoms with Crippen molar-refractivity contribution in [3.63, 3.8) is 0 Å². The van der Waals surface area contributed by atoms with E-state index in [1.54, 1.807) is 30.0 Å². The van der Waals surface area contributed by atoms with E-state index in [1.807, 2.05) is 31.2 Å². The van der Waals surface area contributed by atoms with Gasteiger partial charge in [0.1, 0.15) is 6.04 Å². The minimum atomic E-state index is -0.560. The van der Waals surface area contributed by atoms with Crippen molar-refractivity contribution in [2.45, 2.75) is 26.4 Å². The minimum Gasteiger partial charge on any atom is -0.324 e. The van der Waals surface area contributed by atoms with Gasteiger partial charge < -0.3 is 10.2 Å². The number of halogens is 1. The maximum atomic E-state index is 12.4. The number of nitrogens with one attached hydrogen (secondary N) is 1. The van der Waals surface area contributed by atoms with Gasteiger partial charge in [0.15, 0.2) is 0 Å². The number of nitrogens with zero attached hydrogens (tertiary/aromatic N) is 1. The maximum Gasteiger partial charge on any atom is 0.255 e. The fraction of sp³-hybridized carbons (Fsp3) is 0.222. The lowest BCUT2D eigenvalue weighted by molar-refractivity contribution is -0.120. The van der Waals surface area contributed by atoms with E-state index in [0.717, 1.165) is 11.1 Å². The summed E-state index contributed by atoms with van der Waals surface area (Å²) in [5.41, 5.74) is 3.20. The van der Waals surface area contributed by atoms with Gasteiger partial charge in [-0.1, -0.05) is 35.9 Å². The Kier molecular flexibility index (Phi) is 4.09. The average molecular weight is 329 g/mol. The van der Waals surface area contributed by atoms with Crippen molar-refractivity contribution >= 4 is 29.1 Å². The highest BCUT2D eigenvalue weighted by molar-refractivity contribution is 6.31. The Bertz CT molecular complexity index is 788. The normalized spacial score (nSPS) is 14.6. The van der Waals surface area contributed by atoms with Crippen LogP contribution in [0.1, 0.15) is 28.4 Å². The van der Waals surface area contributed by atoms with Crippen molar-refractivity contribution in [3.8, 4) is 0 Å². The second-order valence-corrected chi connectivity index (χ2v) is 6.13. The Balaban J connectivity index is 1.73. The minimum absolute atomic E-state index is 0.106. The molecule has 1 aliphatic rings. The number of aryl methyl sites for hydroxylation is 1. The first kappa shape index (κ1) is 15.6. The summed E-state index contributed by atoms with van der Waals surface area (Å²) in [6, 6.07) is 12.2. The Morgan fingerprint density at radius 1 is 1.26 bits per heavy atom. The van der Waals surface area contributed by atoms with Crippen LogP contribution in [0, 0.1) is 6.92 Å². The topological polar surface area (TPSA) is 49.4 Å². The number of hydrogen-bond donors (Lipinski definition) is 1. The van der Waals surface area contributed by atoms with Crippen molar-refractivity contribution in [2.24, 2.45) is 0 Å². The maximum absolute atomic E-state index is 12.4. The highest BCUT2D eigenvalue weighted by Gasteiger charge is 2.33. The molecule has 2 amide bonds. The molecule has 1 atom stereocenters. The first-order valence-corrected chi connectivity index (χ1v) is 7.81. The largest absolute Gasteiger partial charge is 0.324 e. The lowest BCUT2D eigenvalue weighted by Gasteiger charge is -2.23. The number of carbonyl (C=O) groups is 2. The van der Waals surface area contributed by atoms with E-state index in [0.29, 0.717) is 22.8 Å². The summed E-state index contributed by atoms with van der Waals surface area (Å²) >= 11 is 6.07. The molecule has 0 saturated heterocycles. The number of anilines is 1. The van der Waals surface area contributed by atoms with Crippen LogP contribution in [0.2, 0.25) is 5.02 Å². The lowest BCUT2D eigenvalue weighted by Crippen LogP contribution is -2.42. The molecule has 1 aliphatic heterocycles. The molecule has 5 heteroatoms. The zero-order valence-corrected chi connectivity index (χ0v) is 13.7. The van der Waals surface area contributed by atoms with E-state index < -0.39 is 6.04 Å². The summed E-state index contributed by atoms with van der Waals surface area (Å²) < 4.78 is 0. The monoisotopic (exact) mass is 328 g/mol. The van der Waals surface area contributed by atoms with Gasteiger partial charge in [-0.3, -0.25) is 9.59 Å². The van der Waals surface area contributed by atoms with E-state index in [9.17, 15) is 9.59 Å². The van der Waals surface area contributed by atoms with Crippen LogP contribution in [0.5, 0.6) is 0 Å². The van der Waals surface area contributed by atoms with Crippen molar-refractivity contribution in [1.82, 2.24) is 4.90 Å². The van der Waals surface area contributed by atoms with Crippen molar-refractivity contribution in [1.29, 1.82) is 0 Å². The van der Waals surface area contributed by atoms with Crippen molar-refractivity contribution < 1.29 is 9.59 Å². The molecule has 0 radical (unpaired) electrons. The Morgan fingerprint density at radius 2 is 2.00 bits per heavy atom. The van der Waals surface area contributed by atoms with Crippen LogP contribution in [-0.2, 0) is 11.3 Å². The molecule has 0 fully saturated rings. The zero-order valence-electron chi connectivity index (χ0n) is 13.0. The second-order valence-electron chi connectivity index (χ2n) is 5.72. The third-order valence-electron chi connectivity index (χ3n) is 4.14. The molecule has 4 nitrogen and oxygen atoms in total. The SMILES string of the molecule is Cc1ccc(NC(=O)[C@@H](C)N2Cc3ccccc3C2=O)cc1Cl. The molecular weight excluding hydrogens is 312 g/mol. The Morgan fingerprint density at radius 3 is 2.70 bits per heavy atom. The molecule has 2 aromatic rings. The Labute approximate surface area is 140 Å². The van der Waals surface area contributed by atoms with Gasteiger partial charge in [0, 0.05) is 22.8 Å². The molecule has 0 spiro atoms. The van der Waals surface area contributed by atoms with Gasteiger partial charge in [-0.25, -0.2) is 0 Å². The number of benzene rings is 2. The quantitative estimate of drug-likeness (QED) is 0.935. The highest BCUT2D eigenvalue weighted by atomic mass is 35.5. The van der Waals surface area contributed by atoms with Gasteiger partial charge in [0.05, 0.1) is 0 Å². The van der Waals surface area contributed by atoms with E-state index >= 15 is 0 Å². The zero-order chi connectivity index (χ0) is 16.6. The molecule has 2 aromatic carbocycles. The summed E-state index contributed by atoms with van der Waals surface area (Å²) in [4.78, 5) is 26.4. The summed E-state index contributed by atoms with van der Waals surface area (Å²) in [5, 5.41) is 3.41. The predicted molar refractivity (Wildman–Crippen MR) is 90.6 cm³/mol.